The first kappa shape index (κ1) is 26.7. The standard InChI is InChI=1S/C27H27N5O5S/c1-15-10-16(2)12-18(11-15)32-24(34)20(13-17-6-8-19(37-5)9-7-17)29-26(32)38-14-21(33)22-23(28)30(3)27(36)31(4)25(22)35/h6-13H,14,28H2,1-5H3/b20-13-. The lowest BCUT2D eigenvalue weighted by Gasteiger charge is -2.19. The zero-order chi connectivity index (χ0) is 27.7. The van der Waals surface area contributed by atoms with Gasteiger partial charge in [-0.25, -0.2) is 9.79 Å². The van der Waals surface area contributed by atoms with Crippen LogP contribution in [0.25, 0.3) is 6.08 Å². The molecule has 1 aliphatic rings. The molecule has 2 heterocycles. The van der Waals surface area contributed by atoms with Crippen LogP contribution in [-0.4, -0.2) is 38.9 Å². The molecule has 3 aromatic rings. The number of benzene rings is 2. The van der Waals surface area contributed by atoms with Crippen LogP contribution in [0, 0.1) is 13.8 Å². The molecular weight excluding hydrogens is 506 g/mol. The number of aliphatic imine (C=N–C) groups is 1. The number of amides is 1. The molecule has 0 spiro atoms. The predicted molar refractivity (Wildman–Crippen MR) is 150 cm³/mol. The molecule has 0 saturated carbocycles. The van der Waals surface area contributed by atoms with Gasteiger partial charge in [0.2, 0.25) is 0 Å². The van der Waals surface area contributed by atoms with Crippen LogP contribution in [0.2, 0.25) is 0 Å². The van der Waals surface area contributed by atoms with Gasteiger partial charge in [0.15, 0.2) is 11.0 Å². The van der Waals surface area contributed by atoms with E-state index in [9.17, 15) is 19.2 Å². The largest absolute Gasteiger partial charge is 0.497 e. The molecule has 0 bridgehead atoms. The number of carbonyl (C=O) groups excluding carboxylic acids is 2. The zero-order valence-corrected chi connectivity index (χ0v) is 22.5. The van der Waals surface area contributed by atoms with Gasteiger partial charge in [0.1, 0.15) is 22.8 Å². The molecule has 0 fully saturated rings. The number of nitrogens with two attached hydrogens (primary N) is 1. The van der Waals surface area contributed by atoms with Crippen molar-refractivity contribution in [1.82, 2.24) is 9.13 Å². The number of anilines is 2. The van der Waals surface area contributed by atoms with Crippen molar-refractivity contribution < 1.29 is 14.3 Å². The van der Waals surface area contributed by atoms with Crippen molar-refractivity contribution in [3.8, 4) is 5.75 Å². The van der Waals surface area contributed by atoms with E-state index < -0.39 is 17.0 Å². The Hall–Kier alpha value is -4.38. The average molecular weight is 534 g/mol. The van der Waals surface area contributed by atoms with Crippen LogP contribution >= 0.6 is 11.8 Å². The molecule has 1 aromatic heterocycles. The maximum absolute atomic E-state index is 13.5. The SMILES string of the molecule is COc1ccc(/C=C2\N=C(SCC(=O)c3c(N)n(C)c(=O)n(C)c3=O)N(c3cc(C)cc(C)c3)C2=O)cc1. The Kier molecular flexibility index (Phi) is 7.40. The summed E-state index contributed by atoms with van der Waals surface area (Å²) in [7, 11) is 4.24. The van der Waals surface area contributed by atoms with Crippen LogP contribution in [0.5, 0.6) is 5.75 Å². The molecule has 0 aliphatic carbocycles. The van der Waals surface area contributed by atoms with E-state index in [1.165, 1.54) is 19.0 Å². The van der Waals surface area contributed by atoms with Gasteiger partial charge in [0.25, 0.3) is 11.5 Å². The number of Topliss-reactive ketones (excluding diaryl/α,β-unsaturated/α-hetero) is 1. The second kappa shape index (κ2) is 10.5. The van der Waals surface area contributed by atoms with Crippen molar-refractivity contribution >= 4 is 46.2 Å². The quantitative estimate of drug-likeness (QED) is 0.381. The third-order valence-corrected chi connectivity index (χ3v) is 6.97. The molecule has 196 valence electrons. The third-order valence-electron chi connectivity index (χ3n) is 6.03. The number of hydrogen-bond acceptors (Lipinski definition) is 8. The molecular formula is C27H27N5O5S. The normalized spacial score (nSPS) is 14.2. The number of nitrogens with zero attached hydrogens (tertiary/aromatic N) is 4. The number of rotatable bonds is 6. The summed E-state index contributed by atoms with van der Waals surface area (Å²) >= 11 is 1.01. The number of carbonyl (C=O) groups is 2. The fraction of sp³-hybridized carbons (Fsp3) is 0.222. The number of aromatic nitrogens is 2. The van der Waals surface area contributed by atoms with Gasteiger partial charge in [0, 0.05) is 14.1 Å². The van der Waals surface area contributed by atoms with Crippen LogP contribution in [0.3, 0.4) is 0 Å². The molecule has 1 aliphatic heterocycles. The molecule has 0 radical (unpaired) electrons. The monoisotopic (exact) mass is 533 g/mol. The lowest BCUT2D eigenvalue weighted by Crippen LogP contribution is -2.42. The van der Waals surface area contributed by atoms with Gasteiger partial charge in [0.05, 0.1) is 18.6 Å². The smallest absolute Gasteiger partial charge is 0.332 e. The summed E-state index contributed by atoms with van der Waals surface area (Å²) in [6.45, 7) is 3.85. The van der Waals surface area contributed by atoms with Crippen molar-refractivity contribution in [2.75, 3.05) is 23.5 Å². The Morgan fingerprint density at radius 1 is 1.03 bits per heavy atom. The lowest BCUT2D eigenvalue weighted by molar-refractivity contribution is -0.113. The molecule has 1 amide bonds. The number of hydrogen-bond donors (Lipinski definition) is 1. The number of methoxy groups -OCH3 is 1. The van der Waals surface area contributed by atoms with Gasteiger partial charge >= 0.3 is 5.69 Å². The second-order valence-corrected chi connectivity index (χ2v) is 9.80. The van der Waals surface area contributed by atoms with Crippen molar-refractivity contribution in [2.24, 2.45) is 19.1 Å². The van der Waals surface area contributed by atoms with Crippen molar-refractivity contribution in [3.05, 3.63) is 91.3 Å². The Morgan fingerprint density at radius 2 is 1.66 bits per heavy atom. The van der Waals surface area contributed by atoms with Gasteiger partial charge < -0.3 is 10.5 Å². The van der Waals surface area contributed by atoms with E-state index >= 15 is 0 Å². The molecule has 0 atom stereocenters. The highest BCUT2D eigenvalue weighted by Crippen LogP contribution is 2.31. The first-order chi connectivity index (χ1) is 18.0. The molecule has 2 aromatic carbocycles. The van der Waals surface area contributed by atoms with Crippen LogP contribution in [0.1, 0.15) is 27.0 Å². The summed E-state index contributed by atoms with van der Waals surface area (Å²) in [5.74, 6) is -0.672. The minimum Gasteiger partial charge on any atom is -0.497 e. The van der Waals surface area contributed by atoms with Crippen LogP contribution in [0.4, 0.5) is 11.5 Å². The van der Waals surface area contributed by atoms with E-state index in [2.05, 4.69) is 4.99 Å². The average Bonchev–Trinajstić information content (AvgIpc) is 3.19. The van der Waals surface area contributed by atoms with E-state index in [0.717, 1.165) is 37.6 Å². The Bertz CT molecular complexity index is 1610. The van der Waals surface area contributed by atoms with Crippen molar-refractivity contribution in [1.29, 1.82) is 0 Å². The number of nitrogen functional groups attached to an aromatic ring is 1. The lowest BCUT2D eigenvalue weighted by atomic mass is 10.1. The van der Waals surface area contributed by atoms with Crippen LogP contribution in [-0.2, 0) is 18.9 Å². The highest BCUT2D eigenvalue weighted by Gasteiger charge is 2.33. The molecule has 0 unspecified atom stereocenters. The molecule has 0 saturated heterocycles. The van der Waals surface area contributed by atoms with E-state index in [-0.39, 0.29) is 33.9 Å². The van der Waals surface area contributed by atoms with Crippen molar-refractivity contribution in [3.63, 3.8) is 0 Å². The number of thioether (sulfide) groups is 1. The maximum atomic E-state index is 13.5. The predicted octanol–water partition coefficient (Wildman–Crippen LogP) is 2.65. The summed E-state index contributed by atoms with van der Waals surface area (Å²) < 4.78 is 7.08. The summed E-state index contributed by atoms with van der Waals surface area (Å²) in [6.07, 6.45) is 1.66. The molecule has 11 heteroatoms. The first-order valence-electron chi connectivity index (χ1n) is 11.6. The number of ketones is 1. The van der Waals surface area contributed by atoms with Gasteiger partial charge in [-0.1, -0.05) is 30.0 Å². The summed E-state index contributed by atoms with van der Waals surface area (Å²) in [6, 6.07) is 12.9. The first-order valence-corrected chi connectivity index (χ1v) is 12.6. The van der Waals surface area contributed by atoms with E-state index in [4.69, 9.17) is 10.5 Å². The second-order valence-electron chi connectivity index (χ2n) is 8.86. The molecule has 4 rings (SSSR count). The van der Waals surface area contributed by atoms with Gasteiger partial charge in [-0.05, 0) is 60.9 Å². The summed E-state index contributed by atoms with van der Waals surface area (Å²) in [4.78, 5) is 57.4. The third kappa shape index (κ3) is 5.05. The van der Waals surface area contributed by atoms with Gasteiger partial charge in [-0.3, -0.25) is 28.4 Å². The maximum Gasteiger partial charge on any atom is 0.332 e. The zero-order valence-electron chi connectivity index (χ0n) is 21.6. The van der Waals surface area contributed by atoms with Crippen LogP contribution in [0.15, 0.2) is 62.7 Å². The Labute approximate surface area is 223 Å². The highest BCUT2D eigenvalue weighted by molar-refractivity contribution is 8.14. The van der Waals surface area contributed by atoms with Crippen LogP contribution < -0.4 is 26.6 Å². The summed E-state index contributed by atoms with van der Waals surface area (Å²) in [5.41, 5.74) is 7.75. The minimum absolute atomic E-state index is 0.196. The summed E-state index contributed by atoms with van der Waals surface area (Å²) in [5, 5.41) is 0.285. The highest BCUT2D eigenvalue weighted by atomic mass is 32.2. The van der Waals surface area contributed by atoms with Gasteiger partial charge in [-0.2, -0.15) is 0 Å². The van der Waals surface area contributed by atoms with E-state index in [1.54, 1.807) is 25.3 Å². The van der Waals surface area contributed by atoms with Crippen molar-refractivity contribution in [2.45, 2.75) is 13.8 Å². The molecule has 2 N–H and O–H groups in total. The molecule has 38 heavy (non-hydrogen) atoms. The number of aryl methyl sites for hydroxylation is 2. The Balaban J connectivity index is 1.71. The van der Waals surface area contributed by atoms with E-state index in [1.807, 2.05) is 44.2 Å². The fourth-order valence-corrected chi connectivity index (χ4v) is 4.97. The Morgan fingerprint density at radius 3 is 2.26 bits per heavy atom. The van der Waals surface area contributed by atoms with Gasteiger partial charge in [-0.15, -0.1) is 0 Å². The molecule has 10 nitrogen and oxygen atoms in total. The number of ether oxygens (including phenoxy) is 1. The number of amidine groups is 1. The topological polar surface area (TPSA) is 129 Å². The van der Waals surface area contributed by atoms with E-state index in [0.29, 0.717) is 11.4 Å². The minimum atomic E-state index is -0.771. The fourth-order valence-electron chi connectivity index (χ4n) is 4.08.